The van der Waals surface area contributed by atoms with Gasteiger partial charge in [0.05, 0.1) is 12.3 Å². The van der Waals surface area contributed by atoms with Crippen LogP contribution in [0, 0.1) is 6.92 Å². The molecule has 0 unspecified atom stereocenters. The monoisotopic (exact) mass is 243 g/mol. The Kier molecular flexibility index (Phi) is 3.60. The highest BCUT2D eigenvalue weighted by atomic mass is 79.9. The number of halogens is 1. The van der Waals surface area contributed by atoms with Gasteiger partial charge in [-0.2, -0.15) is 0 Å². The minimum Gasteiger partial charge on any atom is -0.491 e. The Labute approximate surface area is 87.2 Å². The average Bonchev–Trinajstić information content (AvgIpc) is 2.09. The van der Waals surface area contributed by atoms with E-state index in [1.165, 1.54) is 0 Å². The van der Waals surface area contributed by atoms with Crippen LogP contribution in [-0.4, -0.2) is 6.61 Å². The normalized spacial score (nSPS) is 10.1. The quantitative estimate of drug-likeness (QED) is 0.829. The molecule has 0 radical (unpaired) electrons. The lowest BCUT2D eigenvalue weighted by molar-refractivity contribution is 0.319. The van der Waals surface area contributed by atoms with Crippen molar-refractivity contribution >= 4 is 21.6 Å². The zero-order chi connectivity index (χ0) is 9.84. The van der Waals surface area contributed by atoms with Crippen LogP contribution >= 0.6 is 15.9 Å². The van der Waals surface area contributed by atoms with Gasteiger partial charge in [0.1, 0.15) is 5.75 Å². The molecule has 0 bridgehead atoms. The molecule has 0 saturated carbocycles. The number of nitrogens with two attached hydrogens (primary N) is 1. The number of hydrogen-bond acceptors (Lipinski definition) is 2. The number of benzene rings is 1. The summed E-state index contributed by atoms with van der Waals surface area (Å²) >= 11 is 3.38. The van der Waals surface area contributed by atoms with Gasteiger partial charge in [0.2, 0.25) is 0 Å². The van der Waals surface area contributed by atoms with E-state index in [9.17, 15) is 0 Å². The molecule has 2 N–H and O–H groups in total. The molecule has 1 rings (SSSR count). The Morgan fingerprint density at radius 3 is 2.77 bits per heavy atom. The maximum absolute atomic E-state index is 5.82. The molecule has 3 heteroatoms. The van der Waals surface area contributed by atoms with Crippen molar-refractivity contribution in [2.75, 3.05) is 12.3 Å². The standard InChI is InChI=1S/C10H14BrNO/c1-3-4-13-9-6-7(2)5-8(11)10(9)12/h5-6H,3-4,12H2,1-2H3. The number of anilines is 1. The summed E-state index contributed by atoms with van der Waals surface area (Å²) in [5.41, 5.74) is 7.65. The number of hydrogen-bond donors (Lipinski definition) is 1. The molecule has 1 aromatic rings. The number of aryl methyl sites for hydroxylation is 1. The highest BCUT2D eigenvalue weighted by molar-refractivity contribution is 9.10. The van der Waals surface area contributed by atoms with Gasteiger partial charge in [0.25, 0.3) is 0 Å². The zero-order valence-corrected chi connectivity index (χ0v) is 9.52. The first kappa shape index (κ1) is 10.4. The Hall–Kier alpha value is -0.700. The van der Waals surface area contributed by atoms with Gasteiger partial charge in [-0.25, -0.2) is 0 Å². The fourth-order valence-electron chi connectivity index (χ4n) is 1.05. The topological polar surface area (TPSA) is 35.2 Å². The van der Waals surface area contributed by atoms with E-state index in [1.54, 1.807) is 0 Å². The van der Waals surface area contributed by atoms with E-state index in [0.29, 0.717) is 12.3 Å². The molecule has 0 aliphatic rings. The molecular weight excluding hydrogens is 230 g/mol. The average molecular weight is 244 g/mol. The van der Waals surface area contributed by atoms with E-state index < -0.39 is 0 Å². The second-order valence-electron chi connectivity index (χ2n) is 3.01. The molecule has 0 aromatic heterocycles. The van der Waals surface area contributed by atoms with Crippen LogP contribution in [0.2, 0.25) is 0 Å². The molecule has 0 aliphatic carbocycles. The maximum atomic E-state index is 5.82. The lowest BCUT2D eigenvalue weighted by Gasteiger charge is -2.10. The van der Waals surface area contributed by atoms with Crippen molar-refractivity contribution in [3.63, 3.8) is 0 Å². The van der Waals surface area contributed by atoms with Crippen molar-refractivity contribution in [2.45, 2.75) is 20.3 Å². The van der Waals surface area contributed by atoms with E-state index >= 15 is 0 Å². The summed E-state index contributed by atoms with van der Waals surface area (Å²) in [7, 11) is 0. The van der Waals surface area contributed by atoms with Crippen molar-refractivity contribution in [3.8, 4) is 5.75 Å². The van der Waals surface area contributed by atoms with Crippen LogP contribution in [0.5, 0.6) is 5.75 Å². The summed E-state index contributed by atoms with van der Waals surface area (Å²) in [4.78, 5) is 0. The van der Waals surface area contributed by atoms with Crippen LogP contribution in [0.1, 0.15) is 18.9 Å². The van der Waals surface area contributed by atoms with Crippen LogP contribution in [0.15, 0.2) is 16.6 Å². The van der Waals surface area contributed by atoms with Crippen LogP contribution in [0.25, 0.3) is 0 Å². The molecule has 0 spiro atoms. The second-order valence-corrected chi connectivity index (χ2v) is 3.86. The fourth-order valence-corrected chi connectivity index (χ4v) is 1.61. The third-order valence-corrected chi connectivity index (χ3v) is 2.35. The van der Waals surface area contributed by atoms with Gasteiger partial charge in [-0.15, -0.1) is 0 Å². The molecule has 2 nitrogen and oxygen atoms in total. The molecule has 0 fully saturated rings. The van der Waals surface area contributed by atoms with Gasteiger partial charge in [-0.05, 0) is 47.0 Å². The van der Waals surface area contributed by atoms with Gasteiger partial charge in [0.15, 0.2) is 0 Å². The van der Waals surface area contributed by atoms with E-state index in [-0.39, 0.29) is 0 Å². The smallest absolute Gasteiger partial charge is 0.143 e. The Morgan fingerprint density at radius 2 is 2.15 bits per heavy atom. The van der Waals surface area contributed by atoms with E-state index in [0.717, 1.165) is 22.2 Å². The summed E-state index contributed by atoms with van der Waals surface area (Å²) in [6, 6.07) is 3.93. The summed E-state index contributed by atoms with van der Waals surface area (Å²) < 4.78 is 6.39. The molecule has 1 aromatic carbocycles. The third kappa shape index (κ3) is 2.62. The molecule has 0 saturated heterocycles. The first-order valence-corrected chi connectivity index (χ1v) is 5.13. The number of ether oxygens (including phenoxy) is 1. The van der Waals surface area contributed by atoms with Crippen LogP contribution in [-0.2, 0) is 0 Å². The second kappa shape index (κ2) is 4.51. The van der Waals surface area contributed by atoms with Gasteiger partial charge in [-0.3, -0.25) is 0 Å². The van der Waals surface area contributed by atoms with Crippen LogP contribution in [0.3, 0.4) is 0 Å². The highest BCUT2D eigenvalue weighted by Gasteiger charge is 2.04. The van der Waals surface area contributed by atoms with Crippen LogP contribution < -0.4 is 10.5 Å². The molecule has 0 aliphatic heterocycles. The number of rotatable bonds is 3. The first-order chi connectivity index (χ1) is 6.15. The van der Waals surface area contributed by atoms with Crippen molar-refractivity contribution in [2.24, 2.45) is 0 Å². The Balaban J connectivity index is 2.92. The molecule has 0 heterocycles. The maximum Gasteiger partial charge on any atom is 0.143 e. The third-order valence-electron chi connectivity index (χ3n) is 1.70. The molecule has 0 amide bonds. The largest absolute Gasteiger partial charge is 0.491 e. The van der Waals surface area contributed by atoms with Gasteiger partial charge >= 0.3 is 0 Å². The first-order valence-electron chi connectivity index (χ1n) is 4.33. The SMILES string of the molecule is CCCOc1cc(C)cc(Br)c1N. The van der Waals surface area contributed by atoms with Crippen molar-refractivity contribution < 1.29 is 4.74 Å². The van der Waals surface area contributed by atoms with Crippen LogP contribution in [0.4, 0.5) is 5.69 Å². The minimum atomic E-state index is 0.680. The van der Waals surface area contributed by atoms with Crippen molar-refractivity contribution in [3.05, 3.63) is 22.2 Å². The van der Waals surface area contributed by atoms with E-state index in [4.69, 9.17) is 10.5 Å². The lowest BCUT2D eigenvalue weighted by Crippen LogP contribution is -2.00. The van der Waals surface area contributed by atoms with Gasteiger partial charge < -0.3 is 10.5 Å². The summed E-state index contributed by atoms with van der Waals surface area (Å²) in [5, 5.41) is 0. The molecular formula is C10H14BrNO. The van der Waals surface area contributed by atoms with Gasteiger partial charge in [-0.1, -0.05) is 6.92 Å². The fraction of sp³-hybridized carbons (Fsp3) is 0.400. The van der Waals surface area contributed by atoms with Crippen molar-refractivity contribution in [1.82, 2.24) is 0 Å². The lowest BCUT2D eigenvalue weighted by atomic mass is 10.2. The van der Waals surface area contributed by atoms with E-state index in [1.807, 2.05) is 19.1 Å². The van der Waals surface area contributed by atoms with E-state index in [2.05, 4.69) is 22.9 Å². The zero-order valence-electron chi connectivity index (χ0n) is 7.93. The molecule has 72 valence electrons. The predicted octanol–water partition coefficient (Wildman–Crippen LogP) is 3.13. The Morgan fingerprint density at radius 1 is 1.46 bits per heavy atom. The molecule has 0 atom stereocenters. The summed E-state index contributed by atoms with van der Waals surface area (Å²) in [6.45, 7) is 4.80. The minimum absolute atomic E-state index is 0.680. The Bertz CT molecular complexity index is 299. The predicted molar refractivity (Wildman–Crippen MR) is 59.1 cm³/mol. The molecule has 13 heavy (non-hydrogen) atoms. The number of nitrogen functional groups attached to an aromatic ring is 1. The van der Waals surface area contributed by atoms with Gasteiger partial charge in [0, 0.05) is 4.47 Å². The highest BCUT2D eigenvalue weighted by Crippen LogP contribution is 2.31. The van der Waals surface area contributed by atoms with Crippen molar-refractivity contribution in [1.29, 1.82) is 0 Å². The summed E-state index contributed by atoms with van der Waals surface area (Å²) in [5.74, 6) is 0.772. The summed E-state index contributed by atoms with van der Waals surface area (Å²) in [6.07, 6.45) is 0.991.